The Kier molecular flexibility index (Phi) is 10.2. The van der Waals surface area contributed by atoms with Crippen LogP contribution in [0.3, 0.4) is 0 Å². The molecule has 2 aliphatic carbocycles. The molecule has 0 radical (unpaired) electrons. The van der Waals surface area contributed by atoms with E-state index in [0.717, 1.165) is 113 Å². The summed E-state index contributed by atoms with van der Waals surface area (Å²) in [4.78, 5) is 87.7. The predicted octanol–water partition coefficient (Wildman–Crippen LogP) is 5.36. The van der Waals surface area contributed by atoms with Gasteiger partial charge in [-0.1, -0.05) is 12.8 Å². The number of hydrogen-bond donors (Lipinski definition) is 2. The Morgan fingerprint density at radius 3 is 2.34 bits per heavy atom. The highest BCUT2D eigenvalue weighted by atomic mass is 16.2. The first-order valence-electron chi connectivity index (χ1n) is 22.0. The molecule has 15 nitrogen and oxygen atoms in total. The molecule has 10 rings (SSSR count). The van der Waals surface area contributed by atoms with Gasteiger partial charge in [0.25, 0.3) is 11.5 Å². The largest absolute Gasteiger partial charge is 0.371 e. The molecular weight excluding hydrogens is 773 g/mol. The van der Waals surface area contributed by atoms with E-state index in [1.54, 1.807) is 22.6 Å². The van der Waals surface area contributed by atoms with Gasteiger partial charge in [0.2, 0.25) is 17.8 Å². The van der Waals surface area contributed by atoms with Gasteiger partial charge in [0, 0.05) is 86.7 Å². The summed E-state index contributed by atoms with van der Waals surface area (Å²) < 4.78 is 1.72. The molecule has 6 aliphatic rings. The zero-order chi connectivity index (χ0) is 41.9. The molecule has 2 unspecified atom stereocenters. The third-order valence-electron chi connectivity index (χ3n) is 13.7. The van der Waals surface area contributed by atoms with Gasteiger partial charge >= 0.3 is 0 Å². The molecule has 0 spiro atoms. The Labute approximate surface area is 354 Å². The molecule has 2 atom stereocenters. The van der Waals surface area contributed by atoms with Crippen molar-refractivity contribution in [1.29, 1.82) is 0 Å². The first-order chi connectivity index (χ1) is 29.6. The molecule has 3 saturated heterocycles. The summed E-state index contributed by atoms with van der Waals surface area (Å²) in [5, 5.41) is 6.39. The lowest BCUT2D eigenvalue weighted by Gasteiger charge is -2.40. The number of ketones is 1. The number of carbonyl (C=O) groups is 4. The van der Waals surface area contributed by atoms with E-state index in [9.17, 15) is 24.0 Å². The van der Waals surface area contributed by atoms with E-state index in [1.807, 2.05) is 18.3 Å². The minimum Gasteiger partial charge on any atom is -0.371 e. The molecule has 316 valence electrons. The molecule has 2 saturated carbocycles. The fraction of sp³-hybridized carbons (Fsp3) is 0.478. The normalized spacial score (nSPS) is 22.3. The van der Waals surface area contributed by atoms with Crippen molar-refractivity contribution in [3.63, 3.8) is 0 Å². The summed E-state index contributed by atoms with van der Waals surface area (Å²) in [5.41, 5.74) is 6.95. The second kappa shape index (κ2) is 15.8. The number of imide groups is 1. The standard InChI is InChI=1S/C46H52N10O5/c1-27-36-24-48-46(51-42(36)55(31-7-3-4-8-31)45(61)40(27)28(2)57)49-38-15-12-33(23-47-38)53-20-18-52(19-21-53)25-29-6-5-17-54(26-29)32-11-13-34-35(22-32)41(30-9-10-30)56(44(34)60)37-14-16-39(58)50-43(37)59/h11-13,15,22-24,29,31,37H,3-10,14,16-21,25-26H2,1-2H3,(H,50,58,59)(H,47,48,49,51). The third-order valence-corrected chi connectivity index (χ3v) is 13.7. The van der Waals surface area contributed by atoms with Gasteiger partial charge in [0.15, 0.2) is 5.78 Å². The Hall–Kier alpha value is -5.96. The first-order valence-corrected chi connectivity index (χ1v) is 22.0. The van der Waals surface area contributed by atoms with Gasteiger partial charge in [0.1, 0.15) is 17.5 Å². The SMILES string of the molecule is CC(=O)c1c(C)c2cnc(Nc3ccc(N4CCN(CC5CCCN(c6ccc7c(c6)C(=C6CC6)N(C6CCC(=O)NC6=O)C7=O)C5)CC4)cn3)nc2n(C2CCCC2)c1=O. The number of carbonyl (C=O) groups excluding carboxylic acids is 4. The minimum absolute atomic E-state index is 0.0115. The number of hydrogen-bond acceptors (Lipinski definition) is 12. The van der Waals surface area contributed by atoms with Gasteiger partial charge in [-0.15, -0.1) is 0 Å². The molecule has 15 heteroatoms. The van der Waals surface area contributed by atoms with Crippen molar-refractivity contribution in [3.8, 4) is 0 Å². The topological polar surface area (TPSA) is 166 Å². The van der Waals surface area contributed by atoms with E-state index in [0.29, 0.717) is 46.3 Å². The number of piperazine rings is 1. The van der Waals surface area contributed by atoms with Crippen molar-refractivity contribution in [2.24, 2.45) is 5.92 Å². The van der Waals surface area contributed by atoms with Crippen molar-refractivity contribution in [2.75, 3.05) is 60.9 Å². The smallest absolute Gasteiger partial charge is 0.263 e. The van der Waals surface area contributed by atoms with Crippen molar-refractivity contribution in [1.82, 2.24) is 34.6 Å². The Morgan fingerprint density at radius 1 is 0.836 bits per heavy atom. The van der Waals surface area contributed by atoms with Gasteiger partial charge in [-0.25, -0.2) is 9.97 Å². The molecule has 7 heterocycles. The van der Waals surface area contributed by atoms with Gasteiger partial charge in [-0.05, 0) is 106 Å². The second-order valence-electron chi connectivity index (χ2n) is 17.7. The van der Waals surface area contributed by atoms with E-state index in [-0.39, 0.29) is 47.1 Å². The van der Waals surface area contributed by atoms with Gasteiger partial charge in [-0.3, -0.25) is 43.7 Å². The van der Waals surface area contributed by atoms with Gasteiger partial charge in [-0.2, -0.15) is 4.98 Å². The van der Waals surface area contributed by atoms with E-state index in [1.165, 1.54) is 18.9 Å². The summed E-state index contributed by atoms with van der Waals surface area (Å²) in [6, 6.07) is 9.51. The molecule has 3 amide bonds. The van der Waals surface area contributed by atoms with E-state index >= 15 is 0 Å². The van der Waals surface area contributed by atoms with Gasteiger partial charge < -0.3 is 15.1 Å². The van der Waals surface area contributed by atoms with Crippen LogP contribution in [0, 0.1) is 12.8 Å². The summed E-state index contributed by atoms with van der Waals surface area (Å²) in [5.74, 6) is 0.435. The molecule has 61 heavy (non-hydrogen) atoms. The minimum atomic E-state index is -0.660. The van der Waals surface area contributed by atoms with Crippen LogP contribution in [0.2, 0.25) is 0 Å². The average Bonchev–Trinajstić information content (AvgIpc) is 3.87. The van der Waals surface area contributed by atoms with Crippen LogP contribution in [0.15, 0.2) is 53.1 Å². The Morgan fingerprint density at radius 2 is 1.62 bits per heavy atom. The monoisotopic (exact) mass is 824 g/mol. The number of piperidine rings is 2. The summed E-state index contributed by atoms with van der Waals surface area (Å²) in [6.07, 6.45) is 12.2. The number of fused-ring (bicyclic) bond motifs is 2. The third kappa shape index (κ3) is 7.36. The predicted molar refractivity (Wildman–Crippen MR) is 232 cm³/mol. The molecule has 0 bridgehead atoms. The first kappa shape index (κ1) is 39.2. The fourth-order valence-electron chi connectivity index (χ4n) is 10.4. The summed E-state index contributed by atoms with van der Waals surface area (Å²) >= 11 is 0. The van der Waals surface area contributed by atoms with Crippen LogP contribution in [-0.2, 0) is 9.59 Å². The summed E-state index contributed by atoms with van der Waals surface area (Å²) in [6.45, 7) is 9.92. The zero-order valence-corrected chi connectivity index (χ0v) is 34.9. The molecule has 1 aromatic carbocycles. The lowest BCUT2D eigenvalue weighted by atomic mass is 9.96. The van der Waals surface area contributed by atoms with Crippen LogP contribution in [0.4, 0.5) is 23.1 Å². The van der Waals surface area contributed by atoms with Crippen LogP contribution < -0.4 is 26.0 Å². The van der Waals surface area contributed by atoms with Crippen LogP contribution in [-0.4, -0.2) is 105 Å². The van der Waals surface area contributed by atoms with Crippen molar-refractivity contribution < 1.29 is 19.2 Å². The fourth-order valence-corrected chi connectivity index (χ4v) is 10.4. The second-order valence-corrected chi connectivity index (χ2v) is 17.7. The lowest BCUT2D eigenvalue weighted by molar-refractivity contribution is -0.136. The van der Waals surface area contributed by atoms with E-state index < -0.39 is 6.04 Å². The van der Waals surface area contributed by atoms with E-state index in [4.69, 9.17) is 9.97 Å². The molecular formula is C46H52N10O5. The summed E-state index contributed by atoms with van der Waals surface area (Å²) in [7, 11) is 0. The highest BCUT2D eigenvalue weighted by Gasteiger charge is 2.45. The number of benzene rings is 1. The van der Waals surface area contributed by atoms with Crippen LogP contribution in [0.25, 0.3) is 16.7 Å². The molecule has 2 N–H and O–H groups in total. The van der Waals surface area contributed by atoms with Crippen molar-refractivity contribution >= 4 is 63.4 Å². The number of pyridine rings is 2. The van der Waals surface area contributed by atoms with Crippen LogP contribution in [0.1, 0.15) is 109 Å². The quantitative estimate of drug-likeness (QED) is 0.164. The number of aromatic nitrogens is 4. The number of amides is 3. The maximum atomic E-state index is 13.7. The number of Topliss-reactive ketones (excluding diaryl/α,β-unsaturated/α-hetero) is 1. The number of aryl methyl sites for hydroxylation is 1. The molecule has 4 aliphatic heterocycles. The highest BCUT2D eigenvalue weighted by molar-refractivity contribution is 6.14. The number of anilines is 4. The number of allylic oxidation sites excluding steroid dienone is 1. The Balaban J connectivity index is 0.762. The average molecular weight is 825 g/mol. The number of rotatable bonds is 9. The Bertz CT molecular complexity index is 2550. The molecule has 5 fully saturated rings. The van der Waals surface area contributed by atoms with Crippen LogP contribution in [0.5, 0.6) is 0 Å². The van der Waals surface area contributed by atoms with Crippen LogP contribution >= 0.6 is 0 Å². The number of nitrogens with zero attached hydrogens (tertiary/aromatic N) is 8. The van der Waals surface area contributed by atoms with Crippen molar-refractivity contribution in [3.05, 3.63) is 80.9 Å². The number of nitrogens with one attached hydrogen (secondary N) is 2. The maximum Gasteiger partial charge on any atom is 0.263 e. The molecule has 4 aromatic rings. The van der Waals surface area contributed by atoms with Gasteiger partial charge in [0.05, 0.1) is 23.1 Å². The lowest BCUT2D eigenvalue weighted by Crippen LogP contribution is -2.52. The maximum absolute atomic E-state index is 13.7. The van der Waals surface area contributed by atoms with Crippen molar-refractivity contribution in [2.45, 2.75) is 90.1 Å². The zero-order valence-electron chi connectivity index (χ0n) is 34.9. The molecule has 3 aromatic heterocycles. The highest BCUT2D eigenvalue weighted by Crippen LogP contribution is 2.46. The van der Waals surface area contributed by atoms with E-state index in [2.05, 4.69) is 48.5 Å².